The molecule has 0 bridgehead atoms. The van der Waals surface area contributed by atoms with Gasteiger partial charge in [-0.2, -0.15) is 11.3 Å². The van der Waals surface area contributed by atoms with Gasteiger partial charge >= 0.3 is 0 Å². The van der Waals surface area contributed by atoms with E-state index in [0.29, 0.717) is 6.10 Å². The van der Waals surface area contributed by atoms with Crippen LogP contribution in [0.2, 0.25) is 0 Å². The fourth-order valence-electron chi connectivity index (χ4n) is 2.82. The van der Waals surface area contributed by atoms with E-state index in [0.717, 1.165) is 37.6 Å². The van der Waals surface area contributed by atoms with Gasteiger partial charge in [-0.05, 0) is 54.3 Å². The number of ether oxygens (including phenoxy) is 1. The average Bonchev–Trinajstić information content (AvgIpc) is 3.12. The van der Waals surface area contributed by atoms with Gasteiger partial charge in [-0.1, -0.05) is 6.07 Å². The molecule has 4 heteroatoms. The van der Waals surface area contributed by atoms with Gasteiger partial charge in [0, 0.05) is 31.9 Å². The molecule has 21 heavy (non-hydrogen) atoms. The van der Waals surface area contributed by atoms with Gasteiger partial charge in [0.25, 0.3) is 0 Å². The van der Waals surface area contributed by atoms with Crippen molar-refractivity contribution < 1.29 is 4.74 Å². The predicted molar refractivity (Wildman–Crippen MR) is 86.4 cm³/mol. The second-order valence-electron chi connectivity index (χ2n) is 5.71. The number of aryl methyl sites for hydroxylation is 1. The van der Waals surface area contributed by atoms with Crippen LogP contribution in [0.4, 0.5) is 0 Å². The first-order valence-corrected chi connectivity index (χ1v) is 8.51. The van der Waals surface area contributed by atoms with Crippen molar-refractivity contribution in [2.24, 2.45) is 0 Å². The Morgan fingerprint density at radius 1 is 1.33 bits per heavy atom. The third-order valence-electron chi connectivity index (χ3n) is 3.80. The molecule has 0 unspecified atom stereocenters. The summed E-state index contributed by atoms with van der Waals surface area (Å²) in [6, 6.07) is 8.46. The molecule has 112 valence electrons. The van der Waals surface area contributed by atoms with Crippen LogP contribution >= 0.6 is 11.3 Å². The molecule has 0 spiro atoms. The fraction of sp³-hybridized carbons (Fsp3) is 0.471. The molecule has 1 atom stereocenters. The summed E-state index contributed by atoms with van der Waals surface area (Å²) in [5.41, 5.74) is 3.61. The Balaban J connectivity index is 1.68. The first kappa shape index (κ1) is 14.7. The largest absolute Gasteiger partial charge is 0.377 e. The molecule has 0 N–H and O–H groups in total. The third-order valence-corrected chi connectivity index (χ3v) is 4.54. The van der Waals surface area contributed by atoms with Gasteiger partial charge in [-0.3, -0.25) is 9.88 Å². The molecule has 0 saturated carbocycles. The standard InChI is InChI=1S/C17H22N2OS/c1-14-4-2-5-16(18-14)11-19(10-15-7-9-21-13-15)12-17-6-3-8-20-17/h2,4-5,7,9,13,17H,3,6,8,10-12H2,1H3/t17-/m1/s1. The smallest absolute Gasteiger partial charge is 0.0703 e. The van der Waals surface area contributed by atoms with Crippen LogP contribution in [-0.2, 0) is 17.8 Å². The Kier molecular flexibility index (Phi) is 5.01. The van der Waals surface area contributed by atoms with Crippen molar-refractivity contribution >= 4 is 11.3 Å². The summed E-state index contributed by atoms with van der Waals surface area (Å²) in [6.07, 6.45) is 2.76. The Hall–Kier alpha value is -1.23. The van der Waals surface area contributed by atoms with Crippen molar-refractivity contribution in [2.45, 2.75) is 39.0 Å². The lowest BCUT2D eigenvalue weighted by Gasteiger charge is -2.24. The minimum absolute atomic E-state index is 0.383. The van der Waals surface area contributed by atoms with E-state index in [9.17, 15) is 0 Å². The van der Waals surface area contributed by atoms with Gasteiger partial charge in [-0.25, -0.2) is 0 Å². The summed E-state index contributed by atoms with van der Waals surface area (Å²) < 4.78 is 5.80. The van der Waals surface area contributed by atoms with Crippen LogP contribution in [0.1, 0.15) is 29.8 Å². The number of rotatable bonds is 6. The minimum Gasteiger partial charge on any atom is -0.377 e. The van der Waals surface area contributed by atoms with Crippen LogP contribution in [0.15, 0.2) is 35.0 Å². The van der Waals surface area contributed by atoms with E-state index in [1.165, 1.54) is 18.4 Å². The van der Waals surface area contributed by atoms with E-state index in [-0.39, 0.29) is 0 Å². The van der Waals surface area contributed by atoms with Crippen molar-refractivity contribution in [1.29, 1.82) is 0 Å². The summed E-state index contributed by atoms with van der Waals surface area (Å²) in [5, 5.41) is 4.37. The lowest BCUT2D eigenvalue weighted by molar-refractivity contribution is 0.0675. The minimum atomic E-state index is 0.383. The molecule has 0 aliphatic carbocycles. The average molecular weight is 302 g/mol. The van der Waals surface area contributed by atoms with Crippen LogP contribution in [0.5, 0.6) is 0 Å². The highest BCUT2D eigenvalue weighted by Crippen LogP contribution is 2.17. The highest BCUT2D eigenvalue weighted by molar-refractivity contribution is 7.07. The first-order valence-electron chi connectivity index (χ1n) is 7.57. The maximum atomic E-state index is 5.80. The molecule has 0 amide bonds. The zero-order chi connectivity index (χ0) is 14.5. The van der Waals surface area contributed by atoms with E-state index in [4.69, 9.17) is 4.74 Å². The van der Waals surface area contributed by atoms with Gasteiger partial charge in [0.2, 0.25) is 0 Å². The number of pyridine rings is 1. The molecular weight excluding hydrogens is 280 g/mol. The molecule has 0 radical (unpaired) electrons. The zero-order valence-electron chi connectivity index (χ0n) is 12.5. The predicted octanol–water partition coefficient (Wildman–Crippen LogP) is 3.63. The van der Waals surface area contributed by atoms with Crippen molar-refractivity contribution in [1.82, 2.24) is 9.88 Å². The summed E-state index contributed by atoms with van der Waals surface area (Å²) in [7, 11) is 0. The Morgan fingerprint density at radius 3 is 3.00 bits per heavy atom. The quantitative estimate of drug-likeness (QED) is 0.814. The van der Waals surface area contributed by atoms with Crippen LogP contribution in [0, 0.1) is 6.92 Å². The molecule has 2 aromatic heterocycles. The molecular formula is C17H22N2OS. The second-order valence-corrected chi connectivity index (χ2v) is 6.49. The van der Waals surface area contributed by atoms with Gasteiger partial charge in [0.15, 0.2) is 0 Å². The Morgan fingerprint density at radius 2 is 2.29 bits per heavy atom. The highest BCUT2D eigenvalue weighted by Gasteiger charge is 2.20. The van der Waals surface area contributed by atoms with Crippen molar-refractivity contribution in [2.75, 3.05) is 13.2 Å². The number of aromatic nitrogens is 1. The van der Waals surface area contributed by atoms with Crippen LogP contribution < -0.4 is 0 Å². The lowest BCUT2D eigenvalue weighted by Crippen LogP contribution is -2.31. The van der Waals surface area contributed by atoms with Crippen molar-refractivity contribution in [3.05, 3.63) is 52.0 Å². The topological polar surface area (TPSA) is 25.4 Å². The molecule has 1 fully saturated rings. The van der Waals surface area contributed by atoms with Gasteiger partial charge in [-0.15, -0.1) is 0 Å². The molecule has 1 saturated heterocycles. The summed E-state index contributed by atoms with van der Waals surface area (Å²) in [4.78, 5) is 7.10. The van der Waals surface area contributed by atoms with E-state index in [1.54, 1.807) is 11.3 Å². The van der Waals surface area contributed by atoms with Crippen molar-refractivity contribution in [3.8, 4) is 0 Å². The van der Waals surface area contributed by atoms with Gasteiger partial charge < -0.3 is 4.74 Å². The maximum absolute atomic E-state index is 5.80. The van der Waals surface area contributed by atoms with Crippen molar-refractivity contribution in [3.63, 3.8) is 0 Å². The maximum Gasteiger partial charge on any atom is 0.0703 e. The van der Waals surface area contributed by atoms with E-state index in [2.05, 4.69) is 38.8 Å². The van der Waals surface area contributed by atoms with Crippen LogP contribution in [0.25, 0.3) is 0 Å². The van der Waals surface area contributed by atoms with Gasteiger partial charge in [0.05, 0.1) is 11.8 Å². The molecule has 3 heterocycles. The van der Waals surface area contributed by atoms with E-state index < -0.39 is 0 Å². The molecule has 2 aromatic rings. The normalized spacial score (nSPS) is 18.5. The molecule has 1 aliphatic heterocycles. The molecule has 1 aliphatic rings. The Bertz CT molecular complexity index is 550. The molecule has 3 nitrogen and oxygen atoms in total. The van der Waals surface area contributed by atoms with E-state index >= 15 is 0 Å². The fourth-order valence-corrected chi connectivity index (χ4v) is 3.48. The Labute approximate surface area is 130 Å². The number of hydrogen-bond donors (Lipinski definition) is 0. The summed E-state index contributed by atoms with van der Waals surface area (Å²) in [5.74, 6) is 0. The first-order chi connectivity index (χ1) is 10.3. The lowest BCUT2D eigenvalue weighted by atomic mass is 10.2. The molecule has 3 rings (SSSR count). The number of hydrogen-bond acceptors (Lipinski definition) is 4. The second kappa shape index (κ2) is 7.16. The zero-order valence-corrected chi connectivity index (χ0v) is 13.3. The van der Waals surface area contributed by atoms with Crippen LogP contribution in [0.3, 0.4) is 0 Å². The third kappa shape index (κ3) is 4.37. The highest BCUT2D eigenvalue weighted by atomic mass is 32.1. The summed E-state index contributed by atoms with van der Waals surface area (Å²) in [6.45, 7) is 5.81. The molecule has 0 aromatic carbocycles. The number of nitrogens with zero attached hydrogens (tertiary/aromatic N) is 2. The van der Waals surface area contributed by atoms with Crippen LogP contribution in [-0.4, -0.2) is 29.1 Å². The summed E-state index contributed by atoms with van der Waals surface area (Å²) >= 11 is 1.76. The van der Waals surface area contributed by atoms with E-state index in [1.807, 2.05) is 13.0 Å². The van der Waals surface area contributed by atoms with Gasteiger partial charge in [0.1, 0.15) is 0 Å². The SMILES string of the molecule is Cc1cccc(CN(Cc2ccsc2)C[C@H]2CCCO2)n1. The number of thiophene rings is 1. The monoisotopic (exact) mass is 302 g/mol.